The summed E-state index contributed by atoms with van der Waals surface area (Å²) in [6, 6.07) is 5.20. The largest absolute Gasteiger partial charge is 0.416 e. The molecule has 0 aliphatic carbocycles. The lowest BCUT2D eigenvalue weighted by Crippen LogP contribution is -2.42. The van der Waals surface area contributed by atoms with E-state index >= 15 is 0 Å². The second kappa shape index (κ2) is 11.7. The third-order valence-corrected chi connectivity index (χ3v) is 4.77. The number of nitrogens with one attached hydrogen (secondary N) is 2. The van der Waals surface area contributed by atoms with Crippen LogP contribution in [0.1, 0.15) is 37.3 Å². The van der Waals surface area contributed by atoms with Crippen molar-refractivity contribution < 1.29 is 13.2 Å². The van der Waals surface area contributed by atoms with Gasteiger partial charge in [-0.1, -0.05) is 19.1 Å². The Kier molecular flexibility index (Phi) is 10.4. The minimum atomic E-state index is -4.30. The Morgan fingerprint density at radius 1 is 1.15 bits per heavy atom. The Bertz CT molecular complexity index is 567. The van der Waals surface area contributed by atoms with E-state index in [1.807, 2.05) is 0 Å². The number of nitrogens with zero attached hydrogens (tertiary/aromatic N) is 2. The Morgan fingerprint density at radius 2 is 1.78 bits per heavy atom. The van der Waals surface area contributed by atoms with Crippen molar-refractivity contribution >= 4 is 29.9 Å². The lowest BCUT2D eigenvalue weighted by atomic mass is 9.97. The second-order valence-corrected chi connectivity index (χ2v) is 6.79. The van der Waals surface area contributed by atoms with Gasteiger partial charge in [0, 0.05) is 20.1 Å². The maximum atomic E-state index is 12.6. The molecule has 1 aromatic rings. The molecular weight excluding hydrogens is 468 g/mol. The number of benzene rings is 1. The van der Waals surface area contributed by atoms with Crippen molar-refractivity contribution in [2.24, 2.45) is 10.9 Å². The molecule has 154 valence electrons. The highest BCUT2D eigenvalue weighted by molar-refractivity contribution is 14.0. The number of aliphatic imine (C=N–C) groups is 1. The molecule has 1 fully saturated rings. The molecule has 0 amide bonds. The molecule has 1 aromatic carbocycles. The zero-order chi connectivity index (χ0) is 19.0. The molecule has 2 N–H and O–H groups in total. The van der Waals surface area contributed by atoms with Gasteiger partial charge in [0.2, 0.25) is 0 Å². The Hall–Kier alpha value is -1.03. The molecule has 0 unspecified atom stereocenters. The van der Waals surface area contributed by atoms with Gasteiger partial charge in [-0.05, 0) is 62.5 Å². The van der Waals surface area contributed by atoms with E-state index < -0.39 is 11.7 Å². The van der Waals surface area contributed by atoms with Gasteiger partial charge in [-0.2, -0.15) is 13.2 Å². The first-order chi connectivity index (χ1) is 12.4. The Labute approximate surface area is 177 Å². The molecule has 1 aliphatic heterocycles. The molecule has 1 saturated heterocycles. The van der Waals surface area contributed by atoms with Crippen LogP contribution in [0.2, 0.25) is 0 Å². The van der Waals surface area contributed by atoms with Crippen molar-refractivity contribution in [1.82, 2.24) is 15.5 Å². The van der Waals surface area contributed by atoms with Crippen LogP contribution in [0.15, 0.2) is 29.3 Å². The molecule has 0 bridgehead atoms. The van der Waals surface area contributed by atoms with Gasteiger partial charge in [0.1, 0.15) is 0 Å². The lowest BCUT2D eigenvalue weighted by molar-refractivity contribution is -0.137. The standard InChI is InChI=1S/C19H29F3N4.HI/c1-3-10-26-11-8-16(9-12-26)14-25-18(23-2)24-13-15-4-6-17(7-5-15)19(20,21)22;/h4-7,16H,3,8-14H2,1-2H3,(H2,23,24,25);1H. The van der Waals surface area contributed by atoms with Gasteiger partial charge < -0.3 is 15.5 Å². The number of rotatable bonds is 6. The highest BCUT2D eigenvalue weighted by Crippen LogP contribution is 2.29. The summed E-state index contributed by atoms with van der Waals surface area (Å²) in [6.07, 6.45) is -0.731. The summed E-state index contributed by atoms with van der Waals surface area (Å²) >= 11 is 0. The van der Waals surface area contributed by atoms with Crippen LogP contribution in [-0.4, -0.2) is 44.1 Å². The van der Waals surface area contributed by atoms with Crippen molar-refractivity contribution in [2.75, 3.05) is 33.2 Å². The average Bonchev–Trinajstić information content (AvgIpc) is 2.63. The molecule has 1 heterocycles. The van der Waals surface area contributed by atoms with E-state index in [9.17, 15) is 13.2 Å². The molecule has 8 heteroatoms. The summed E-state index contributed by atoms with van der Waals surface area (Å²) in [5.41, 5.74) is 0.159. The van der Waals surface area contributed by atoms with E-state index in [-0.39, 0.29) is 24.0 Å². The zero-order valence-electron chi connectivity index (χ0n) is 16.0. The summed E-state index contributed by atoms with van der Waals surface area (Å²) in [5, 5.41) is 6.49. The number of likely N-dealkylation sites (tertiary alicyclic amines) is 1. The maximum absolute atomic E-state index is 12.6. The molecule has 0 aromatic heterocycles. The molecule has 4 nitrogen and oxygen atoms in total. The lowest BCUT2D eigenvalue weighted by Gasteiger charge is -2.32. The van der Waals surface area contributed by atoms with Gasteiger partial charge in [-0.3, -0.25) is 4.99 Å². The summed E-state index contributed by atoms with van der Waals surface area (Å²) in [7, 11) is 1.70. The van der Waals surface area contributed by atoms with Gasteiger partial charge >= 0.3 is 6.18 Å². The highest BCUT2D eigenvalue weighted by atomic mass is 127. The first kappa shape index (κ1) is 24.0. The molecule has 0 spiro atoms. The molecule has 0 saturated carbocycles. The molecule has 2 rings (SSSR count). The van der Waals surface area contributed by atoms with E-state index in [0.29, 0.717) is 18.4 Å². The average molecular weight is 498 g/mol. The monoisotopic (exact) mass is 498 g/mol. The summed E-state index contributed by atoms with van der Waals surface area (Å²) in [6.45, 7) is 6.99. The number of alkyl halides is 3. The van der Waals surface area contributed by atoms with Crippen molar-refractivity contribution in [3.05, 3.63) is 35.4 Å². The number of hydrogen-bond acceptors (Lipinski definition) is 2. The molecule has 1 aliphatic rings. The van der Waals surface area contributed by atoms with Gasteiger partial charge in [-0.25, -0.2) is 0 Å². The van der Waals surface area contributed by atoms with Crippen LogP contribution in [0.25, 0.3) is 0 Å². The van der Waals surface area contributed by atoms with E-state index in [0.717, 1.165) is 37.3 Å². The summed E-state index contributed by atoms with van der Waals surface area (Å²) < 4.78 is 37.8. The molecule has 0 atom stereocenters. The molecule has 27 heavy (non-hydrogen) atoms. The van der Waals surface area contributed by atoms with Gasteiger partial charge in [0.05, 0.1) is 5.56 Å². The fraction of sp³-hybridized carbons (Fsp3) is 0.632. The number of guanidine groups is 1. The zero-order valence-corrected chi connectivity index (χ0v) is 18.3. The quantitative estimate of drug-likeness (QED) is 0.353. The van der Waals surface area contributed by atoms with Crippen molar-refractivity contribution in [2.45, 2.75) is 38.9 Å². The number of hydrogen-bond donors (Lipinski definition) is 2. The summed E-state index contributed by atoms with van der Waals surface area (Å²) in [4.78, 5) is 6.70. The number of piperidine rings is 1. The predicted molar refractivity (Wildman–Crippen MR) is 115 cm³/mol. The topological polar surface area (TPSA) is 39.7 Å². The third-order valence-electron chi connectivity index (χ3n) is 4.77. The van der Waals surface area contributed by atoms with Crippen LogP contribution in [0, 0.1) is 5.92 Å². The van der Waals surface area contributed by atoms with Crippen molar-refractivity contribution in [3.8, 4) is 0 Å². The normalized spacial score (nSPS) is 16.7. The minimum Gasteiger partial charge on any atom is -0.356 e. The second-order valence-electron chi connectivity index (χ2n) is 6.79. The van der Waals surface area contributed by atoms with Crippen LogP contribution < -0.4 is 10.6 Å². The van der Waals surface area contributed by atoms with Crippen LogP contribution in [0.3, 0.4) is 0 Å². The van der Waals surface area contributed by atoms with Crippen LogP contribution in [0.4, 0.5) is 13.2 Å². The smallest absolute Gasteiger partial charge is 0.356 e. The maximum Gasteiger partial charge on any atom is 0.416 e. The Morgan fingerprint density at radius 3 is 2.30 bits per heavy atom. The summed E-state index contributed by atoms with van der Waals surface area (Å²) in [5.74, 6) is 1.31. The predicted octanol–water partition coefficient (Wildman–Crippen LogP) is 4.11. The van der Waals surface area contributed by atoms with Crippen LogP contribution in [0.5, 0.6) is 0 Å². The number of halogens is 4. The van der Waals surface area contributed by atoms with Gasteiger partial charge in [-0.15, -0.1) is 24.0 Å². The van der Waals surface area contributed by atoms with Crippen molar-refractivity contribution in [1.29, 1.82) is 0 Å². The Balaban J connectivity index is 0.00000364. The molecular formula is C19H30F3IN4. The van der Waals surface area contributed by atoms with Crippen molar-refractivity contribution in [3.63, 3.8) is 0 Å². The van der Waals surface area contributed by atoms with E-state index in [1.165, 1.54) is 37.9 Å². The van der Waals surface area contributed by atoms with Gasteiger partial charge in [0.25, 0.3) is 0 Å². The first-order valence-corrected chi connectivity index (χ1v) is 9.25. The fourth-order valence-corrected chi connectivity index (χ4v) is 3.19. The fourth-order valence-electron chi connectivity index (χ4n) is 3.19. The van der Waals surface area contributed by atoms with E-state index in [1.54, 1.807) is 7.05 Å². The van der Waals surface area contributed by atoms with E-state index in [4.69, 9.17) is 0 Å². The minimum absolute atomic E-state index is 0. The highest BCUT2D eigenvalue weighted by Gasteiger charge is 2.29. The SMILES string of the molecule is CCCN1CCC(CNC(=NC)NCc2ccc(C(F)(F)F)cc2)CC1.I. The first-order valence-electron chi connectivity index (χ1n) is 9.25. The van der Waals surface area contributed by atoms with E-state index in [2.05, 4.69) is 27.4 Å². The molecule has 0 radical (unpaired) electrons. The van der Waals surface area contributed by atoms with Crippen LogP contribution in [-0.2, 0) is 12.7 Å². The van der Waals surface area contributed by atoms with Gasteiger partial charge in [0.15, 0.2) is 5.96 Å². The third kappa shape index (κ3) is 8.25. The van der Waals surface area contributed by atoms with Crippen LogP contribution >= 0.6 is 24.0 Å².